The Morgan fingerprint density at radius 3 is 2.85 bits per heavy atom. The van der Waals surface area contributed by atoms with Gasteiger partial charge in [0.1, 0.15) is 6.33 Å². The molecule has 3 rings (SSSR count). The quantitative estimate of drug-likeness (QED) is 0.881. The maximum Gasteiger partial charge on any atom is 0.244 e. The molecular weight excluding hydrogens is 254 g/mol. The highest BCUT2D eigenvalue weighted by Gasteiger charge is 2.40. The van der Waals surface area contributed by atoms with Crippen molar-refractivity contribution in [1.82, 2.24) is 14.8 Å². The van der Waals surface area contributed by atoms with Gasteiger partial charge in [-0.2, -0.15) is 0 Å². The first-order chi connectivity index (χ1) is 9.58. The Balaban J connectivity index is 1.81. The molecule has 1 heterocycles. The minimum absolute atomic E-state index is 0.112. The summed E-state index contributed by atoms with van der Waals surface area (Å²) in [5.41, 5.74) is 6.95. The summed E-state index contributed by atoms with van der Waals surface area (Å²) in [5, 5.41) is 10.8. The molecule has 0 radical (unpaired) electrons. The predicted molar refractivity (Wildman–Crippen MR) is 75.8 cm³/mol. The third-order valence-electron chi connectivity index (χ3n) is 3.79. The van der Waals surface area contributed by atoms with Gasteiger partial charge in [0, 0.05) is 18.3 Å². The summed E-state index contributed by atoms with van der Waals surface area (Å²) in [6.45, 7) is 0. The van der Waals surface area contributed by atoms with Crippen LogP contribution in [-0.4, -0.2) is 26.2 Å². The van der Waals surface area contributed by atoms with Gasteiger partial charge in [0.2, 0.25) is 5.91 Å². The van der Waals surface area contributed by atoms with Crippen molar-refractivity contribution >= 4 is 11.6 Å². The molecular formula is C14H17N5O. The number of benzene rings is 1. The zero-order valence-corrected chi connectivity index (χ0v) is 11.3. The van der Waals surface area contributed by atoms with E-state index in [0.717, 1.165) is 36.3 Å². The molecule has 2 aromatic rings. The number of amides is 1. The highest BCUT2D eigenvalue weighted by Crippen LogP contribution is 2.30. The summed E-state index contributed by atoms with van der Waals surface area (Å²) < 4.78 is 1.83. The van der Waals surface area contributed by atoms with Crippen LogP contribution in [0, 0.1) is 0 Å². The maximum atomic E-state index is 12.1. The van der Waals surface area contributed by atoms with Crippen molar-refractivity contribution in [2.45, 2.75) is 24.8 Å². The number of anilines is 1. The second-order valence-electron chi connectivity index (χ2n) is 5.31. The van der Waals surface area contributed by atoms with E-state index in [-0.39, 0.29) is 5.91 Å². The molecule has 1 amide bonds. The lowest BCUT2D eigenvalue weighted by molar-refractivity contribution is -0.123. The van der Waals surface area contributed by atoms with Gasteiger partial charge in [-0.25, -0.2) is 0 Å². The molecule has 1 saturated carbocycles. The molecule has 0 aliphatic heterocycles. The van der Waals surface area contributed by atoms with E-state index in [1.54, 1.807) is 6.33 Å². The van der Waals surface area contributed by atoms with Crippen molar-refractivity contribution in [3.05, 3.63) is 30.6 Å². The molecule has 0 bridgehead atoms. The molecule has 20 heavy (non-hydrogen) atoms. The zero-order chi connectivity index (χ0) is 14.2. The van der Waals surface area contributed by atoms with Gasteiger partial charge in [0.15, 0.2) is 5.82 Å². The van der Waals surface area contributed by atoms with Gasteiger partial charge in [0.05, 0.1) is 5.54 Å². The largest absolute Gasteiger partial charge is 0.324 e. The molecule has 104 valence electrons. The molecule has 6 heteroatoms. The lowest BCUT2D eigenvalue weighted by Crippen LogP contribution is -2.56. The second kappa shape index (κ2) is 4.72. The Bertz CT molecular complexity index is 645. The van der Waals surface area contributed by atoms with Crippen molar-refractivity contribution in [3.63, 3.8) is 0 Å². The Kier molecular flexibility index (Phi) is 3.02. The number of nitrogens with zero attached hydrogens (tertiary/aromatic N) is 3. The van der Waals surface area contributed by atoms with Gasteiger partial charge in [0.25, 0.3) is 0 Å². The van der Waals surface area contributed by atoms with E-state index in [2.05, 4.69) is 15.5 Å². The van der Waals surface area contributed by atoms with E-state index in [1.165, 1.54) is 0 Å². The van der Waals surface area contributed by atoms with Crippen molar-refractivity contribution < 1.29 is 4.79 Å². The number of aromatic nitrogens is 3. The SMILES string of the molecule is Cn1cnnc1-c1cccc(NC(=O)C2(N)CCC2)c1. The molecule has 1 aromatic heterocycles. The van der Waals surface area contributed by atoms with Crippen molar-refractivity contribution in [2.24, 2.45) is 12.8 Å². The average Bonchev–Trinajstić information content (AvgIpc) is 2.82. The molecule has 1 aromatic carbocycles. The van der Waals surface area contributed by atoms with Crippen LogP contribution in [0.2, 0.25) is 0 Å². The fourth-order valence-corrected chi connectivity index (χ4v) is 2.32. The summed E-state index contributed by atoms with van der Waals surface area (Å²) >= 11 is 0. The Morgan fingerprint density at radius 2 is 2.25 bits per heavy atom. The molecule has 0 spiro atoms. The molecule has 1 aliphatic rings. The topological polar surface area (TPSA) is 85.8 Å². The first-order valence-electron chi connectivity index (χ1n) is 6.63. The van der Waals surface area contributed by atoms with E-state index in [0.29, 0.717) is 0 Å². The molecule has 0 atom stereocenters. The van der Waals surface area contributed by atoms with Crippen LogP contribution in [0.1, 0.15) is 19.3 Å². The van der Waals surface area contributed by atoms with Gasteiger partial charge in [-0.3, -0.25) is 4.79 Å². The summed E-state index contributed by atoms with van der Waals surface area (Å²) in [6.07, 6.45) is 4.16. The first kappa shape index (κ1) is 12.8. The van der Waals surface area contributed by atoms with E-state index in [4.69, 9.17) is 5.73 Å². The summed E-state index contributed by atoms with van der Waals surface area (Å²) in [5.74, 6) is 0.645. The highest BCUT2D eigenvalue weighted by molar-refractivity contribution is 5.98. The van der Waals surface area contributed by atoms with Crippen molar-refractivity contribution in [3.8, 4) is 11.4 Å². The van der Waals surface area contributed by atoms with Crippen LogP contribution < -0.4 is 11.1 Å². The number of nitrogens with one attached hydrogen (secondary N) is 1. The van der Waals surface area contributed by atoms with Gasteiger partial charge in [-0.05, 0) is 31.4 Å². The van der Waals surface area contributed by atoms with Gasteiger partial charge >= 0.3 is 0 Å². The molecule has 3 N–H and O–H groups in total. The van der Waals surface area contributed by atoms with Gasteiger partial charge < -0.3 is 15.6 Å². The number of rotatable bonds is 3. The molecule has 1 aliphatic carbocycles. The number of carbonyl (C=O) groups is 1. The Morgan fingerprint density at radius 1 is 1.45 bits per heavy atom. The van der Waals surface area contributed by atoms with E-state index in [9.17, 15) is 4.79 Å². The third-order valence-corrected chi connectivity index (χ3v) is 3.79. The standard InChI is InChI=1S/C14H17N5O/c1-19-9-16-18-12(19)10-4-2-5-11(8-10)17-13(20)14(15)6-3-7-14/h2,4-5,8-9H,3,6-7,15H2,1H3,(H,17,20). The van der Waals surface area contributed by atoms with Crippen LogP contribution in [0.5, 0.6) is 0 Å². The lowest BCUT2D eigenvalue weighted by Gasteiger charge is -2.36. The van der Waals surface area contributed by atoms with Crippen LogP contribution in [0.25, 0.3) is 11.4 Å². The third kappa shape index (κ3) is 2.18. The molecule has 1 fully saturated rings. The number of hydrogen-bond acceptors (Lipinski definition) is 4. The number of carbonyl (C=O) groups excluding carboxylic acids is 1. The zero-order valence-electron chi connectivity index (χ0n) is 11.3. The average molecular weight is 271 g/mol. The second-order valence-corrected chi connectivity index (χ2v) is 5.31. The van der Waals surface area contributed by atoms with E-state index < -0.39 is 5.54 Å². The van der Waals surface area contributed by atoms with Crippen LogP contribution in [-0.2, 0) is 11.8 Å². The van der Waals surface area contributed by atoms with Crippen LogP contribution in [0.15, 0.2) is 30.6 Å². The van der Waals surface area contributed by atoms with Gasteiger partial charge in [-0.15, -0.1) is 10.2 Å². The fraction of sp³-hybridized carbons (Fsp3) is 0.357. The normalized spacial score (nSPS) is 16.5. The molecule has 6 nitrogen and oxygen atoms in total. The monoisotopic (exact) mass is 271 g/mol. The van der Waals surface area contributed by atoms with E-state index >= 15 is 0 Å². The lowest BCUT2D eigenvalue weighted by atomic mass is 9.77. The Hall–Kier alpha value is -2.21. The van der Waals surface area contributed by atoms with Crippen molar-refractivity contribution in [2.75, 3.05) is 5.32 Å². The van der Waals surface area contributed by atoms with Gasteiger partial charge in [-0.1, -0.05) is 12.1 Å². The van der Waals surface area contributed by atoms with Crippen LogP contribution >= 0.6 is 0 Å². The first-order valence-corrected chi connectivity index (χ1v) is 6.63. The maximum absolute atomic E-state index is 12.1. The highest BCUT2D eigenvalue weighted by atomic mass is 16.2. The summed E-state index contributed by atoms with van der Waals surface area (Å²) in [7, 11) is 1.88. The predicted octanol–water partition coefficient (Wildman–Crippen LogP) is 1.30. The number of hydrogen-bond donors (Lipinski definition) is 2. The number of nitrogens with two attached hydrogens (primary N) is 1. The minimum Gasteiger partial charge on any atom is -0.324 e. The van der Waals surface area contributed by atoms with Crippen LogP contribution in [0.3, 0.4) is 0 Å². The molecule has 0 unspecified atom stereocenters. The smallest absolute Gasteiger partial charge is 0.244 e. The minimum atomic E-state index is -0.694. The number of aryl methyl sites for hydroxylation is 1. The van der Waals surface area contributed by atoms with Crippen molar-refractivity contribution in [1.29, 1.82) is 0 Å². The Labute approximate surface area is 117 Å². The summed E-state index contributed by atoms with van der Waals surface area (Å²) in [6, 6.07) is 7.54. The fourth-order valence-electron chi connectivity index (χ4n) is 2.32. The summed E-state index contributed by atoms with van der Waals surface area (Å²) in [4.78, 5) is 12.1. The molecule has 0 saturated heterocycles. The van der Waals surface area contributed by atoms with E-state index in [1.807, 2.05) is 35.9 Å². The van der Waals surface area contributed by atoms with Crippen LogP contribution in [0.4, 0.5) is 5.69 Å².